The van der Waals surface area contributed by atoms with Crippen molar-refractivity contribution in [2.24, 2.45) is 0 Å². The highest BCUT2D eigenvalue weighted by molar-refractivity contribution is 5.99. The zero-order valence-corrected chi connectivity index (χ0v) is 11.9. The van der Waals surface area contributed by atoms with E-state index in [1.54, 1.807) is 24.3 Å². The summed E-state index contributed by atoms with van der Waals surface area (Å²) in [5.41, 5.74) is 0.721. The molecule has 2 aromatic carbocycles. The number of benzene rings is 2. The molecule has 0 spiro atoms. The molecular formula is C16H15FN2O3. The number of carbonyl (C=O) groups is 2. The van der Waals surface area contributed by atoms with Crippen LogP contribution in [0.2, 0.25) is 0 Å². The number of ether oxygens (including phenoxy) is 1. The average Bonchev–Trinajstić information content (AvgIpc) is 2.52. The number of rotatable bonds is 5. The van der Waals surface area contributed by atoms with Crippen LogP contribution in [-0.4, -0.2) is 25.5 Å². The van der Waals surface area contributed by atoms with Crippen molar-refractivity contribution in [2.75, 3.05) is 19.0 Å². The number of anilines is 1. The van der Waals surface area contributed by atoms with Gasteiger partial charge >= 0.3 is 0 Å². The monoisotopic (exact) mass is 302 g/mol. The van der Waals surface area contributed by atoms with Gasteiger partial charge in [0.2, 0.25) is 5.91 Å². The highest BCUT2D eigenvalue weighted by atomic mass is 19.1. The normalized spacial score (nSPS) is 9.91. The first-order chi connectivity index (χ1) is 10.6. The van der Waals surface area contributed by atoms with Crippen LogP contribution >= 0.6 is 0 Å². The second-order valence-electron chi connectivity index (χ2n) is 4.47. The van der Waals surface area contributed by atoms with Crippen molar-refractivity contribution in [1.29, 1.82) is 0 Å². The smallest absolute Gasteiger partial charge is 0.251 e. The maximum atomic E-state index is 13.0. The number of hydrogen-bond donors (Lipinski definition) is 2. The van der Waals surface area contributed by atoms with Gasteiger partial charge in [0.1, 0.15) is 11.6 Å². The van der Waals surface area contributed by atoms with Gasteiger partial charge in [-0.25, -0.2) is 4.39 Å². The first-order valence-electron chi connectivity index (χ1n) is 6.56. The van der Waals surface area contributed by atoms with Gasteiger partial charge in [0.05, 0.1) is 13.7 Å². The fraction of sp³-hybridized carbons (Fsp3) is 0.125. The van der Waals surface area contributed by atoms with Crippen LogP contribution in [0.15, 0.2) is 48.5 Å². The van der Waals surface area contributed by atoms with Gasteiger partial charge in [-0.1, -0.05) is 12.1 Å². The minimum absolute atomic E-state index is 0.161. The molecule has 2 aromatic rings. The summed E-state index contributed by atoms with van der Waals surface area (Å²) in [6, 6.07) is 12.1. The molecule has 0 aliphatic rings. The molecule has 0 radical (unpaired) electrons. The Morgan fingerprint density at radius 2 is 1.91 bits per heavy atom. The lowest BCUT2D eigenvalue weighted by Gasteiger charge is -2.08. The Balaban J connectivity index is 1.88. The Kier molecular flexibility index (Phi) is 5.08. The number of hydrogen-bond acceptors (Lipinski definition) is 3. The average molecular weight is 302 g/mol. The van der Waals surface area contributed by atoms with E-state index in [1.807, 2.05) is 0 Å². The van der Waals surface area contributed by atoms with Crippen LogP contribution in [0, 0.1) is 5.82 Å². The zero-order chi connectivity index (χ0) is 15.9. The molecule has 114 valence electrons. The summed E-state index contributed by atoms with van der Waals surface area (Å²) in [4.78, 5) is 23.6. The third kappa shape index (κ3) is 4.31. The molecule has 0 atom stereocenters. The minimum atomic E-state index is -0.514. The topological polar surface area (TPSA) is 67.4 Å². The van der Waals surface area contributed by atoms with E-state index < -0.39 is 17.6 Å². The lowest BCUT2D eigenvalue weighted by atomic mass is 10.2. The third-order valence-electron chi connectivity index (χ3n) is 2.85. The van der Waals surface area contributed by atoms with Gasteiger partial charge in [0.15, 0.2) is 0 Å². The second-order valence-corrected chi connectivity index (χ2v) is 4.47. The quantitative estimate of drug-likeness (QED) is 0.890. The second kappa shape index (κ2) is 7.21. The maximum Gasteiger partial charge on any atom is 0.251 e. The number of amides is 2. The Labute approximate surface area is 127 Å². The van der Waals surface area contributed by atoms with Crippen molar-refractivity contribution in [3.8, 4) is 5.75 Å². The van der Waals surface area contributed by atoms with E-state index in [-0.39, 0.29) is 12.1 Å². The maximum absolute atomic E-state index is 13.0. The van der Waals surface area contributed by atoms with Gasteiger partial charge in [-0.2, -0.15) is 0 Å². The molecule has 0 aliphatic carbocycles. The predicted octanol–water partition coefficient (Wildman–Crippen LogP) is 2.20. The van der Waals surface area contributed by atoms with Crippen LogP contribution in [-0.2, 0) is 4.79 Å². The molecule has 0 saturated carbocycles. The van der Waals surface area contributed by atoms with Crippen LogP contribution in [0.3, 0.4) is 0 Å². The molecule has 22 heavy (non-hydrogen) atoms. The molecule has 0 bridgehead atoms. The van der Waals surface area contributed by atoms with Gasteiger partial charge in [-0.3, -0.25) is 9.59 Å². The van der Waals surface area contributed by atoms with E-state index in [0.717, 1.165) is 6.07 Å². The summed E-state index contributed by atoms with van der Waals surface area (Å²) < 4.78 is 18.1. The molecule has 0 heterocycles. The number of nitrogens with one attached hydrogen (secondary N) is 2. The van der Waals surface area contributed by atoms with Crippen molar-refractivity contribution in [1.82, 2.24) is 5.32 Å². The Bertz CT molecular complexity index is 689. The van der Waals surface area contributed by atoms with Crippen molar-refractivity contribution in [3.05, 3.63) is 59.9 Å². The number of halogens is 1. The van der Waals surface area contributed by atoms with Crippen LogP contribution in [0.25, 0.3) is 0 Å². The molecule has 0 aromatic heterocycles. The van der Waals surface area contributed by atoms with E-state index >= 15 is 0 Å². The lowest BCUT2D eigenvalue weighted by Crippen LogP contribution is -2.32. The van der Waals surface area contributed by atoms with Gasteiger partial charge in [0.25, 0.3) is 5.91 Å². The predicted molar refractivity (Wildman–Crippen MR) is 80.4 cm³/mol. The van der Waals surface area contributed by atoms with E-state index in [0.29, 0.717) is 11.4 Å². The molecule has 2 amide bonds. The van der Waals surface area contributed by atoms with Crippen LogP contribution in [0.5, 0.6) is 5.75 Å². The molecule has 5 nitrogen and oxygen atoms in total. The summed E-state index contributed by atoms with van der Waals surface area (Å²) >= 11 is 0. The molecule has 0 aliphatic heterocycles. The minimum Gasteiger partial charge on any atom is -0.497 e. The molecule has 0 saturated heterocycles. The first-order valence-corrected chi connectivity index (χ1v) is 6.56. The van der Waals surface area contributed by atoms with Crippen molar-refractivity contribution in [2.45, 2.75) is 0 Å². The fourth-order valence-corrected chi connectivity index (χ4v) is 1.80. The summed E-state index contributed by atoms with van der Waals surface area (Å²) in [6.45, 7) is -0.216. The van der Waals surface area contributed by atoms with Crippen molar-refractivity contribution >= 4 is 17.5 Å². The Morgan fingerprint density at radius 3 is 2.64 bits per heavy atom. The van der Waals surface area contributed by atoms with Crippen LogP contribution in [0.1, 0.15) is 10.4 Å². The standard InChI is InChI=1S/C16H15FN2O3/c1-22-14-7-3-6-13(9-14)19-15(20)10-18-16(21)11-4-2-5-12(17)8-11/h2-9H,10H2,1H3,(H,18,21)(H,19,20). The number of methoxy groups -OCH3 is 1. The van der Waals surface area contributed by atoms with Gasteiger partial charge in [-0.05, 0) is 30.3 Å². The van der Waals surface area contributed by atoms with Gasteiger partial charge < -0.3 is 15.4 Å². The Hall–Kier alpha value is -2.89. The van der Waals surface area contributed by atoms with E-state index in [9.17, 15) is 14.0 Å². The van der Waals surface area contributed by atoms with Crippen molar-refractivity contribution < 1.29 is 18.7 Å². The van der Waals surface area contributed by atoms with Crippen LogP contribution in [0.4, 0.5) is 10.1 Å². The molecule has 6 heteroatoms. The van der Waals surface area contributed by atoms with Crippen molar-refractivity contribution in [3.63, 3.8) is 0 Å². The molecule has 2 rings (SSSR count). The summed E-state index contributed by atoms with van der Waals surface area (Å²) in [5.74, 6) is -0.798. The highest BCUT2D eigenvalue weighted by Gasteiger charge is 2.09. The first kappa shape index (κ1) is 15.5. The summed E-state index contributed by atoms with van der Waals surface area (Å²) in [7, 11) is 1.53. The van der Waals surface area contributed by atoms with E-state index in [4.69, 9.17) is 4.74 Å². The summed E-state index contributed by atoms with van der Waals surface area (Å²) in [5, 5.41) is 5.05. The Morgan fingerprint density at radius 1 is 1.14 bits per heavy atom. The SMILES string of the molecule is COc1cccc(NC(=O)CNC(=O)c2cccc(F)c2)c1. The number of carbonyl (C=O) groups excluding carboxylic acids is 2. The highest BCUT2D eigenvalue weighted by Crippen LogP contribution is 2.16. The fourth-order valence-electron chi connectivity index (χ4n) is 1.80. The van der Waals surface area contributed by atoms with Gasteiger partial charge in [0, 0.05) is 17.3 Å². The van der Waals surface area contributed by atoms with E-state index in [2.05, 4.69) is 10.6 Å². The largest absolute Gasteiger partial charge is 0.497 e. The molecule has 0 unspecified atom stereocenters. The third-order valence-corrected chi connectivity index (χ3v) is 2.85. The van der Waals surface area contributed by atoms with Gasteiger partial charge in [-0.15, -0.1) is 0 Å². The summed E-state index contributed by atoms with van der Waals surface area (Å²) in [6.07, 6.45) is 0. The lowest BCUT2D eigenvalue weighted by molar-refractivity contribution is -0.115. The zero-order valence-electron chi connectivity index (χ0n) is 11.9. The molecule has 2 N–H and O–H groups in total. The molecule has 0 fully saturated rings. The van der Waals surface area contributed by atoms with E-state index in [1.165, 1.54) is 25.3 Å². The van der Waals surface area contributed by atoms with Crippen LogP contribution < -0.4 is 15.4 Å². The molecular weight excluding hydrogens is 287 g/mol.